The van der Waals surface area contributed by atoms with Crippen molar-refractivity contribution in [2.45, 2.75) is 12.3 Å². The van der Waals surface area contributed by atoms with Gasteiger partial charge in [0.05, 0.1) is 18.6 Å². The van der Waals surface area contributed by atoms with Crippen molar-refractivity contribution in [2.75, 3.05) is 6.61 Å². The maximum atomic E-state index is 8.83. The van der Waals surface area contributed by atoms with Crippen molar-refractivity contribution in [3.63, 3.8) is 0 Å². The molecule has 1 aliphatic heterocycles. The smallest absolute Gasteiger partial charge is 0.123 e. The van der Waals surface area contributed by atoms with E-state index in [-0.39, 0.29) is 5.92 Å². The van der Waals surface area contributed by atoms with E-state index in [9.17, 15) is 0 Å². The van der Waals surface area contributed by atoms with Gasteiger partial charge in [-0.05, 0) is 6.07 Å². The van der Waals surface area contributed by atoms with E-state index in [1.54, 1.807) is 0 Å². The van der Waals surface area contributed by atoms with Crippen LogP contribution in [0.25, 0.3) is 0 Å². The minimum Gasteiger partial charge on any atom is -0.493 e. The molecule has 1 atom stereocenters. The van der Waals surface area contributed by atoms with Gasteiger partial charge in [0.1, 0.15) is 5.75 Å². The SMILES string of the molecule is N#CC1CCOc2ccccc21. The molecule has 0 radical (unpaired) electrons. The molecule has 60 valence electrons. The Kier molecular flexibility index (Phi) is 1.71. The van der Waals surface area contributed by atoms with E-state index in [0.717, 1.165) is 17.7 Å². The van der Waals surface area contributed by atoms with Gasteiger partial charge in [0.25, 0.3) is 0 Å². The number of hydrogen-bond donors (Lipinski definition) is 0. The zero-order valence-electron chi connectivity index (χ0n) is 6.66. The molecule has 0 N–H and O–H groups in total. The average Bonchev–Trinajstić information content (AvgIpc) is 2.17. The zero-order chi connectivity index (χ0) is 8.39. The van der Waals surface area contributed by atoms with Gasteiger partial charge in [-0.3, -0.25) is 0 Å². The highest BCUT2D eigenvalue weighted by atomic mass is 16.5. The predicted molar refractivity (Wildman–Crippen MR) is 44.9 cm³/mol. The van der Waals surface area contributed by atoms with Crippen LogP contribution in [0.5, 0.6) is 5.75 Å². The van der Waals surface area contributed by atoms with Crippen molar-refractivity contribution in [3.05, 3.63) is 29.8 Å². The highest BCUT2D eigenvalue weighted by molar-refractivity contribution is 5.40. The van der Waals surface area contributed by atoms with Gasteiger partial charge in [-0.15, -0.1) is 0 Å². The molecule has 0 amide bonds. The number of nitrogens with zero attached hydrogens (tertiary/aromatic N) is 1. The van der Waals surface area contributed by atoms with Crippen LogP contribution in [0.4, 0.5) is 0 Å². The van der Waals surface area contributed by atoms with E-state index in [4.69, 9.17) is 10.00 Å². The fourth-order valence-corrected chi connectivity index (χ4v) is 1.48. The van der Waals surface area contributed by atoms with Gasteiger partial charge in [-0.1, -0.05) is 18.2 Å². The first-order valence-corrected chi connectivity index (χ1v) is 4.03. The zero-order valence-corrected chi connectivity index (χ0v) is 6.66. The van der Waals surface area contributed by atoms with Crippen LogP contribution in [0.15, 0.2) is 24.3 Å². The third-order valence-electron chi connectivity index (χ3n) is 2.11. The molecule has 1 aromatic carbocycles. The summed E-state index contributed by atoms with van der Waals surface area (Å²) in [6.45, 7) is 0.662. The largest absolute Gasteiger partial charge is 0.493 e. The molecule has 0 spiro atoms. The van der Waals surface area contributed by atoms with Crippen molar-refractivity contribution in [1.82, 2.24) is 0 Å². The Hall–Kier alpha value is -1.49. The van der Waals surface area contributed by atoms with Crippen molar-refractivity contribution in [2.24, 2.45) is 0 Å². The van der Waals surface area contributed by atoms with Gasteiger partial charge < -0.3 is 4.74 Å². The standard InChI is InChI=1S/C10H9NO/c11-7-8-5-6-12-10-4-2-1-3-9(8)10/h1-4,8H,5-6H2. The summed E-state index contributed by atoms with van der Waals surface area (Å²) in [5.74, 6) is 0.894. The maximum Gasteiger partial charge on any atom is 0.123 e. The number of fused-ring (bicyclic) bond motifs is 1. The molecule has 0 saturated carbocycles. The summed E-state index contributed by atoms with van der Waals surface area (Å²) >= 11 is 0. The maximum absolute atomic E-state index is 8.83. The third kappa shape index (κ3) is 1.04. The van der Waals surface area contributed by atoms with Gasteiger partial charge in [0.15, 0.2) is 0 Å². The minimum absolute atomic E-state index is 0.0231. The second-order valence-electron chi connectivity index (χ2n) is 2.86. The summed E-state index contributed by atoms with van der Waals surface area (Å²) in [5, 5.41) is 8.83. The van der Waals surface area contributed by atoms with Crippen molar-refractivity contribution in [1.29, 1.82) is 5.26 Å². The number of rotatable bonds is 0. The topological polar surface area (TPSA) is 33.0 Å². The van der Waals surface area contributed by atoms with Crippen molar-refractivity contribution in [3.8, 4) is 11.8 Å². The molecule has 0 saturated heterocycles. The van der Waals surface area contributed by atoms with E-state index >= 15 is 0 Å². The number of hydrogen-bond acceptors (Lipinski definition) is 2. The Bertz CT molecular complexity index is 327. The number of benzene rings is 1. The summed E-state index contributed by atoms with van der Waals surface area (Å²) in [6.07, 6.45) is 0.813. The molecule has 0 aromatic heterocycles. The first-order chi connectivity index (χ1) is 5.92. The number of nitriles is 1. The molecule has 1 unspecified atom stereocenters. The molecule has 12 heavy (non-hydrogen) atoms. The lowest BCUT2D eigenvalue weighted by Crippen LogP contribution is -2.12. The fraction of sp³-hybridized carbons (Fsp3) is 0.300. The van der Waals surface area contributed by atoms with Crippen LogP contribution in [0.3, 0.4) is 0 Å². The summed E-state index contributed by atoms with van der Waals surface area (Å²) in [7, 11) is 0. The summed E-state index contributed by atoms with van der Waals surface area (Å²) in [4.78, 5) is 0. The summed E-state index contributed by atoms with van der Waals surface area (Å²) < 4.78 is 5.40. The van der Waals surface area contributed by atoms with Gasteiger partial charge in [0.2, 0.25) is 0 Å². The van der Waals surface area contributed by atoms with Crippen LogP contribution in [-0.2, 0) is 0 Å². The molecule has 1 aromatic rings. The Morgan fingerprint density at radius 1 is 1.42 bits per heavy atom. The Morgan fingerprint density at radius 3 is 3.08 bits per heavy atom. The van der Waals surface area contributed by atoms with Crippen LogP contribution in [-0.4, -0.2) is 6.61 Å². The summed E-state index contributed by atoms with van der Waals surface area (Å²) in [6, 6.07) is 10.0. The second kappa shape index (κ2) is 2.86. The molecule has 0 aliphatic carbocycles. The van der Waals surface area contributed by atoms with Crippen LogP contribution in [0, 0.1) is 11.3 Å². The summed E-state index contributed by atoms with van der Waals surface area (Å²) in [5.41, 5.74) is 1.03. The lowest BCUT2D eigenvalue weighted by Gasteiger charge is -2.20. The number of para-hydroxylation sites is 1. The highest BCUT2D eigenvalue weighted by Crippen LogP contribution is 2.32. The molecule has 0 fully saturated rings. The normalized spacial score (nSPS) is 20.4. The van der Waals surface area contributed by atoms with Gasteiger partial charge in [-0.25, -0.2) is 0 Å². The molecule has 1 aliphatic rings. The average molecular weight is 159 g/mol. The predicted octanol–water partition coefficient (Wildman–Crippen LogP) is 2.08. The molecule has 0 bridgehead atoms. The van der Waals surface area contributed by atoms with Crippen molar-refractivity contribution < 1.29 is 4.74 Å². The molecular formula is C10H9NO. The molecule has 2 rings (SSSR count). The van der Waals surface area contributed by atoms with Gasteiger partial charge in [-0.2, -0.15) is 5.26 Å². The lowest BCUT2D eigenvalue weighted by atomic mass is 9.95. The van der Waals surface area contributed by atoms with E-state index in [0.29, 0.717) is 6.61 Å². The van der Waals surface area contributed by atoms with Crippen LogP contribution in [0.1, 0.15) is 17.9 Å². The van der Waals surface area contributed by atoms with E-state index in [1.165, 1.54) is 0 Å². The van der Waals surface area contributed by atoms with Gasteiger partial charge >= 0.3 is 0 Å². The third-order valence-corrected chi connectivity index (χ3v) is 2.11. The van der Waals surface area contributed by atoms with Crippen molar-refractivity contribution >= 4 is 0 Å². The van der Waals surface area contributed by atoms with E-state index in [1.807, 2.05) is 24.3 Å². The van der Waals surface area contributed by atoms with Gasteiger partial charge in [0, 0.05) is 12.0 Å². The second-order valence-corrected chi connectivity index (χ2v) is 2.86. The highest BCUT2D eigenvalue weighted by Gasteiger charge is 2.19. The molecule has 2 heteroatoms. The van der Waals surface area contributed by atoms with Crippen LogP contribution >= 0.6 is 0 Å². The fourth-order valence-electron chi connectivity index (χ4n) is 1.48. The quantitative estimate of drug-likeness (QED) is 0.580. The molecule has 1 heterocycles. The van der Waals surface area contributed by atoms with Crippen LogP contribution in [0.2, 0.25) is 0 Å². The minimum atomic E-state index is 0.0231. The lowest BCUT2D eigenvalue weighted by molar-refractivity contribution is 0.280. The number of ether oxygens (including phenoxy) is 1. The Labute approximate surface area is 71.4 Å². The van der Waals surface area contributed by atoms with E-state index in [2.05, 4.69) is 6.07 Å². The first kappa shape index (κ1) is 7.17. The first-order valence-electron chi connectivity index (χ1n) is 4.03. The monoisotopic (exact) mass is 159 g/mol. The van der Waals surface area contributed by atoms with Crippen LogP contribution < -0.4 is 4.74 Å². The molecule has 2 nitrogen and oxygen atoms in total. The Balaban J connectivity index is 2.45. The molecular weight excluding hydrogens is 150 g/mol. The van der Waals surface area contributed by atoms with E-state index < -0.39 is 0 Å². The Morgan fingerprint density at radius 2 is 2.25 bits per heavy atom.